The van der Waals surface area contributed by atoms with Crippen molar-refractivity contribution >= 4 is 5.91 Å². The number of carbonyl (C=O) groups is 1. The van der Waals surface area contributed by atoms with E-state index >= 15 is 0 Å². The number of methoxy groups -OCH3 is 1. The molecule has 0 radical (unpaired) electrons. The molecule has 0 aliphatic rings. The van der Waals surface area contributed by atoms with Crippen molar-refractivity contribution in [2.75, 3.05) is 7.11 Å². The Bertz CT molecular complexity index is 710. The summed E-state index contributed by atoms with van der Waals surface area (Å²) >= 11 is 0. The van der Waals surface area contributed by atoms with Crippen LogP contribution in [0.25, 0.3) is 0 Å². The second-order valence-corrected chi connectivity index (χ2v) is 6.27. The molecule has 2 aromatic rings. The van der Waals surface area contributed by atoms with E-state index in [1.54, 1.807) is 14.0 Å². The van der Waals surface area contributed by atoms with E-state index in [1.165, 1.54) is 5.56 Å². The van der Waals surface area contributed by atoms with Crippen LogP contribution in [0.1, 0.15) is 43.0 Å². The summed E-state index contributed by atoms with van der Waals surface area (Å²) in [5, 5.41) is 3.07. The summed E-state index contributed by atoms with van der Waals surface area (Å²) in [6, 6.07) is 13.6. The van der Waals surface area contributed by atoms with E-state index in [-0.39, 0.29) is 11.9 Å². The number of ether oxygens (including phenoxy) is 2. The first-order chi connectivity index (χ1) is 11.9. The van der Waals surface area contributed by atoms with Crippen LogP contribution in [-0.2, 0) is 4.79 Å². The SMILES string of the molecule is CCC(NC(=O)C(C)Oc1ccc(C)cc1C)c1ccc(OC)cc1. The summed E-state index contributed by atoms with van der Waals surface area (Å²) in [7, 11) is 1.64. The Balaban J connectivity index is 2.02. The summed E-state index contributed by atoms with van der Waals surface area (Å²) in [5.41, 5.74) is 3.25. The van der Waals surface area contributed by atoms with Crippen molar-refractivity contribution < 1.29 is 14.3 Å². The monoisotopic (exact) mass is 341 g/mol. The van der Waals surface area contributed by atoms with Crippen molar-refractivity contribution in [2.45, 2.75) is 46.3 Å². The molecule has 0 aliphatic heterocycles. The van der Waals surface area contributed by atoms with Gasteiger partial charge in [-0.25, -0.2) is 0 Å². The quantitative estimate of drug-likeness (QED) is 0.814. The number of hydrogen-bond acceptors (Lipinski definition) is 3. The van der Waals surface area contributed by atoms with E-state index in [9.17, 15) is 4.79 Å². The van der Waals surface area contributed by atoms with Gasteiger partial charge in [0.1, 0.15) is 11.5 Å². The van der Waals surface area contributed by atoms with Gasteiger partial charge in [0.05, 0.1) is 13.2 Å². The van der Waals surface area contributed by atoms with Crippen LogP contribution < -0.4 is 14.8 Å². The molecule has 0 heterocycles. The number of hydrogen-bond donors (Lipinski definition) is 1. The first-order valence-corrected chi connectivity index (χ1v) is 8.62. The Kier molecular flexibility index (Phi) is 6.45. The summed E-state index contributed by atoms with van der Waals surface area (Å²) in [5.74, 6) is 1.42. The van der Waals surface area contributed by atoms with Crippen LogP contribution in [-0.4, -0.2) is 19.1 Å². The molecular formula is C21H27NO3. The van der Waals surface area contributed by atoms with Crippen molar-refractivity contribution in [1.82, 2.24) is 5.32 Å². The zero-order valence-electron chi connectivity index (χ0n) is 15.6. The van der Waals surface area contributed by atoms with Crippen LogP contribution in [0, 0.1) is 13.8 Å². The number of amides is 1. The van der Waals surface area contributed by atoms with Gasteiger partial charge >= 0.3 is 0 Å². The Morgan fingerprint density at radius 2 is 1.80 bits per heavy atom. The Hall–Kier alpha value is -2.49. The lowest BCUT2D eigenvalue weighted by molar-refractivity contribution is -0.128. The standard InChI is InChI=1S/C21H27NO3/c1-6-19(17-8-10-18(24-5)11-9-17)22-21(23)16(4)25-20-12-7-14(2)13-15(20)3/h7-13,16,19H,6H2,1-5H3,(H,22,23). The van der Waals surface area contributed by atoms with Gasteiger partial charge in [0, 0.05) is 0 Å². The molecule has 2 atom stereocenters. The molecule has 0 aromatic heterocycles. The van der Waals surface area contributed by atoms with E-state index in [2.05, 4.69) is 5.32 Å². The van der Waals surface area contributed by atoms with Gasteiger partial charge < -0.3 is 14.8 Å². The number of rotatable bonds is 7. The average molecular weight is 341 g/mol. The normalized spacial score (nSPS) is 13.0. The van der Waals surface area contributed by atoms with Crippen LogP contribution >= 0.6 is 0 Å². The molecule has 2 rings (SSSR count). The Labute approximate surface area is 150 Å². The lowest BCUT2D eigenvalue weighted by atomic mass is 10.0. The van der Waals surface area contributed by atoms with E-state index in [1.807, 2.05) is 63.2 Å². The highest BCUT2D eigenvalue weighted by Crippen LogP contribution is 2.22. The maximum atomic E-state index is 12.5. The minimum atomic E-state index is -0.561. The van der Waals surface area contributed by atoms with Gasteiger partial charge in [-0.2, -0.15) is 0 Å². The molecule has 4 heteroatoms. The molecule has 2 aromatic carbocycles. The topological polar surface area (TPSA) is 47.6 Å². The van der Waals surface area contributed by atoms with Gasteiger partial charge in [0.25, 0.3) is 5.91 Å². The number of carbonyl (C=O) groups excluding carboxylic acids is 1. The molecule has 1 amide bonds. The fourth-order valence-corrected chi connectivity index (χ4v) is 2.72. The highest BCUT2D eigenvalue weighted by Gasteiger charge is 2.20. The number of nitrogens with one attached hydrogen (secondary N) is 1. The fourth-order valence-electron chi connectivity index (χ4n) is 2.72. The van der Waals surface area contributed by atoms with Gasteiger partial charge in [0.2, 0.25) is 0 Å². The number of aryl methyl sites for hydroxylation is 2. The Morgan fingerprint density at radius 3 is 2.36 bits per heavy atom. The van der Waals surface area contributed by atoms with E-state index in [4.69, 9.17) is 9.47 Å². The van der Waals surface area contributed by atoms with Crippen molar-refractivity contribution in [3.63, 3.8) is 0 Å². The van der Waals surface area contributed by atoms with Gasteiger partial charge in [-0.05, 0) is 56.5 Å². The Morgan fingerprint density at radius 1 is 1.12 bits per heavy atom. The average Bonchev–Trinajstić information content (AvgIpc) is 2.61. The second-order valence-electron chi connectivity index (χ2n) is 6.27. The minimum absolute atomic E-state index is 0.0522. The molecule has 0 aliphatic carbocycles. The zero-order chi connectivity index (χ0) is 18.4. The lowest BCUT2D eigenvalue weighted by Crippen LogP contribution is -2.38. The first-order valence-electron chi connectivity index (χ1n) is 8.62. The third-order valence-corrected chi connectivity index (χ3v) is 4.25. The third kappa shape index (κ3) is 4.99. The molecule has 0 spiro atoms. The fraction of sp³-hybridized carbons (Fsp3) is 0.381. The van der Waals surface area contributed by atoms with Crippen molar-refractivity contribution in [3.05, 3.63) is 59.2 Å². The van der Waals surface area contributed by atoms with Gasteiger partial charge in [-0.3, -0.25) is 4.79 Å². The van der Waals surface area contributed by atoms with Crippen molar-refractivity contribution in [2.24, 2.45) is 0 Å². The highest BCUT2D eigenvalue weighted by atomic mass is 16.5. The zero-order valence-corrected chi connectivity index (χ0v) is 15.6. The predicted octanol–water partition coefficient (Wildman–Crippen LogP) is 4.35. The minimum Gasteiger partial charge on any atom is -0.497 e. The van der Waals surface area contributed by atoms with E-state index < -0.39 is 6.10 Å². The van der Waals surface area contributed by atoms with Crippen LogP contribution in [0.15, 0.2) is 42.5 Å². The summed E-state index contributed by atoms with van der Waals surface area (Å²) in [6.45, 7) is 7.84. The molecule has 134 valence electrons. The van der Waals surface area contributed by atoms with E-state index in [0.29, 0.717) is 0 Å². The van der Waals surface area contributed by atoms with Crippen LogP contribution in [0.4, 0.5) is 0 Å². The smallest absolute Gasteiger partial charge is 0.261 e. The molecule has 25 heavy (non-hydrogen) atoms. The van der Waals surface area contributed by atoms with Gasteiger partial charge in [-0.1, -0.05) is 36.8 Å². The molecule has 0 fully saturated rings. The highest BCUT2D eigenvalue weighted by molar-refractivity contribution is 5.81. The summed E-state index contributed by atoms with van der Waals surface area (Å²) < 4.78 is 11.0. The molecule has 2 unspecified atom stereocenters. The van der Waals surface area contributed by atoms with Gasteiger partial charge in [-0.15, -0.1) is 0 Å². The van der Waals surface area contributed by atoms with Crippen molar-refractivity contribution in [1.29, 1.82) is 0 Å². The molecule has 0 saturated heterocycles. The maximum absolute atomic E-state index is 12.5. The van der Waals surface area contributed by atoms with Gasteiger partial charge in [0.15, 0.2) is 6.10 Å². The predicted molar refractivity (Wildman–Crippen MR) is 100 cm³/mol. The van der Waals surface area contributed by atoms with Crippen LogP contribution in [0.3, 0.4) is 0 Å². The molecule has 0 bridgehead atoms. The third-order valence-electron chi connectivity index (χ3n) is 4.25. The van der Waals surface area contributed by atoms with Crippen molar-refractivity contribution in [3.8, 4) is 11.5 Å². The molecule has 1 N–H and O–H groups in total. The van der Waals surface area contributed by atoms with E-state index in [0.717, 1.165) is 29.0 Å². The molecule has 4 nitrogen and oxygen atoms in total. The molecule has 0 saturated carbocycles. The van der Waals surface area contributed by atoms with Crippen LogP contribution in [0.5, 0.6) is 11.5 Å². The number of benzene rings is 2. The maximum Gasteiger partial charge on any atom is 0.261 e. The summed E-state index contributed by atoms with van der Waals surface area (Å²) in [4.78, 5) is 12.5. The second kappa shape index (κ2) is 8.56. The molecular weight excluding hydrogens is 314 g/mol. The lowest BCUT2D eigenvalue weighted by Gasteiger charge is -2.22. The summed E-state index contributed by atoms with van der Waals surface area (Å²) in [6.07, 6.45) is 0.239. The largest absolute Gasteiger partial charge is 0.497 e. The van der Waals surface area contributed by atoms with Crippen LogP contribution in [0.2, 0.25) is 0 Å². The first kappa shape index (κ1) is 18.8.